The van der Waals surface area contributed by atoms with Crippen LogP contribution in [0.5, 0.6) is 0 Å². The molecule has 1 unspecified atom stereocenters. The van der Waals surface area contributed by atoms with Gasteiger partial charge < -0.3 is 4.74 Å². The Balaban J connectivity index is 1.54. The predicted molar refractivity (Wildman–Crippen MR) is 105 cm³/mol. The van der Waals surface area contributed by atoms with Crippen molar-refractivity contribution in [3.63, 3.8) is 0 Å². The van der Waals surface area contributed by atoms with Crippen molar-refractivity contribution in [2.24, 2.45) is 5.92 Å². The molecule has 2 aromatic carbocycles. The second-order valence-corrected chi connectivity index (χ2v) is 7.66. The Morgan fingerprint density at radius 1 is 1.15 bits per heavy atom. The summed E-state index contributed by atoms with van der Waals surface area (Å²) in [6, 6.07) is 14.3. The first kappa shape index (κ1) is 19.8. The van der Waals surface area contributed by atoms with E-state index in [-0.39, 0.29) is 17.9 Å². The van der Waals surface area contributed by atoms with Gasteiger partial charge in [0.25, 0.3) is 0 Å². The summed E-state index contributed by atoms with van der Waals surface area (Å²) in [4.78, 5) is 13.9. The maximum Gasteiger partial charge on any atom is 0.303 e. The van der Waals surface area contributed by atoms with Gasteiger partial charge in [-0.25, -0.2) is 4.39 Å². The van der Waals surface area contributed by atoms with Gasteiger partial charge in [-0.05, 0) is 73.7 Å². The molecule has 0 amide bonds. The second kappa shape index (κ2) is 9.34. The minimum absolute atomic E-state index is 0.188. The molecule has 2 aromatic rings. The van der Waals surface area contributed by atoms with Crippen molar-refractivity contribution in [1.82, 2.24) is 4.90 Å². The van der Waals surface area contributed by atoms with Crippen LogP contribution in [-0.4, -0.2) is 30.5 Å². The lowest BCUT2D eigenvalue weighted by molar-refractivity contribution is -0.147. The predicted octanol–water partition coefficient (Wildman–Crippen LogP) is 5.04. The molecule has 1 aliphatic heterocycles. The number of likely N-dealkylation sites (tertiary alicyclic amines) is 1. The molecule has 1 aliphatic rings. The van der Waals surface area contributed by atoms with Crippen LogP contribution in [0.15, 0.2) is 48.5 Å². The van der Waals surface area contributed by atoms with Gasteiger partial charge in [0, 0.05) is 18.5 Å². The lowest BCUT2D eigenvalue weighted by atomic mass is 9.90. The lowest BCUT2D eigenvalue weighted by Crippen LogP contribution is -2.37. The fraction of sp³-hybridized carbons (Fsp3) is 0.409. The molecule has 5 heteroatoms. The minimum atomic E-state index is -0.284. The monoisotopic (exact) mass is 389 g/mol. The molecule has 0 radical (unpaired) electrons. The number of nitrogens with zero attached hydrogens (tertiary/aromatic N) is 1. The van der Waals surface area contributed by atoms with E-state index < -0.39 is 0 Å². The summed E-state index contributed by atoms with van der Waals surface area (Å²) in [5.74, 6) is 0.142. The van der Waals surface area contributed by atoms with Crippen molar-refractivity contribution < 1.29 is 13.9 Å². The number of hydrogen-bond donors (Lipinski definition) is 0. The molecule has 1 atom stereocenters. The van der Waals surface area contributed by atoms with Gasteiger partial charge in [0.2, 0.25) is 0 Å². The number of rotatable bonds is 6. The van der Waals surface area contributed by atoms with Gasteiger partial charge in [-0.2, -0.15) is 0 Å². The SMILES string of the molecule is CC(=O)OC(CN1CCC(Cc2ccc(F)cc2)CC1)c1ccc(Cl)cc1. The van der Waals surface area contributed by atoms with E-state index in [0.29, 0.717) is 17.5 Å². The van der Waals surface area contributed by atoms with Crippen molar-refractivity contribution in [1.29, 1.82) is 0 Å². The summed E-state index contributed by atoms with van der Waals surface area (Å²) >= 11 is 5.97. The topological polar surface area (TPSA) is 29.5 Å². The fourth-order valence-electron chi connectivity index (χ4n) is 3.65. The highest BCUT2D eigenvalue weighted by atomic mass is 35.5. The maximum atomic E-state index is 13.0. The number of benzene rings is 2. The summed E-state index contributed by atoms with van der Waals surface area (Å²) in [5.41, 5.74) is 2.15. The zero-order chi connectivity index (χ0) is 19.2. The Hall–Kier alpha value is -1.91. The van der Waals surface area contributed by atoms with Crippen LogP contribution in [0.2, 0.25) is 5.02 Å². The van der Waals surface area contributed by atoms with E-state index in [9.17, 15) is 9.18 Å². The number of halogens is 2. The third-order valence-electron chi connectivity index (χ3n) is 5.12. The molecule has 27 heavy (non-hydrogen) atoms. The molecule has 1 heterocycles. The van der Waals surface area contributed by atoms with Crippen LogP contribution in [0.25, 0.3) is 0 Å². The molecule has 0 spiro atoms. The molecular weight excluding hydrogens is 365 g/mol. The highest BCUT2D eigenvalue weighted by Gasteiger charge is 2.24. The third-order valence-corrected chi connectivity index (χ3v) is 5.37. The van der Waals surface area contributed by atoms with Crippen molar-refractivity contribution in [3.05, 3.63) is 70.5 Å². The number of hydrogen-bond acceptors (Lipinski definition) is 3. The van der Waals surface area contributed by atoms with E-state index in [1.54, 1.807) is 0 Å². The van der Waals surface area contributed by atoms with Gasteiger partial charge in [-0.3, -0.25) is 9.69 Å². The Kier molecular flexibility index (Phi) is 6.86. The molecule has 3 rings (SSSR count). The normalized spacial score (nSPS) is 16.9. The summed E-state index contributed by atoms with van der Waals surface area (Å²) < 4.78 is 18.6. The van der Waals surface area contributed by atoms with Crippen LogP contribution in [0.3, 0.4) is 0 Å². The zero-order valence-electron chi connectivity index (χ0n) is 15.5. The average Bonchev–Trinajstić information content (AvgIpc) is 2.65. The van der Waals surface area contributed by atoms with Gasteiger partial charge in [0.1, 0.15) is 11.9 Å². The Bertz CT molecular complexity index is 740. The van der Waals surface area contributed by atoms with Crippen molar-refractivity contribution in [3.8, 4) is 0 Å². The Morgan fingerprint density at radius 3 is 2.37 bits per heavy atom. The maximum absolute atomic E-state index is 13.0. The van der Waals surface area contributed by atoms with E-state index in [2.05, 4.69) is 4.90 Å². The highest BCUT2D eigenvalue weighted by Crippen LogP contribution is 2.26. The Labute approximate surface area is 165 Å². The minimum Gasteiger partial charge on any atom is -0.456 e. The summed E-state index contributed by atoms with van der Waals surface area (Å²) in [6.45, 7) is 4.07. The van der Waals surface area contributed by atoms with Crippen molar-refractivity contribution >= 4 is 17.6 Å². The summed E-state index contributed by atoms with van der Waals surface area (Å²) in [6.07, 6.45) is 2.88. The number of carbonyl (C=O) groups is 1. The third kappa shape index (κ3) is 6.05. The number of esters is 1. The Morgan fingerprint density at radius 2 is 1.78 bits per heavy atom. The molecular formula is C22H25ClFNO2. The molecule has 3 nitrogen and oxygen atoms in total. The number of piperidine rings is 1. The summed E-state index contributed by atoms with van der Waals surface area (Å²) in [5, 5.41) is 0.668. The first-order valence-corrected chi connectivity index (χ1v) is 9.77. The van der Waals surface area contributed by atoms with E-state index in [4.69, 9.17) is 16.3 Å². The molecule has 0 aromatic heterocycles. The van der Waals surface area contributed by atoms with E-state index in [0.717, 1.165) is 37.9 Å². The highest BCUT2D eigenvalue weighted by molar-refractivity contribution is 6.30. The molecule has 1 fully saturated rings. The van der Waals surface area contributed by atoms with Crippen LogP contribution in [-0.2, 0) is 16.0 Å². The van der Waals surface area contributed by atoms with Gasteiger partial charge in [-0.15, -0.1) is 0 Å². The van der Waals surface area contributed by atoms with Gasteiger partial charge >= 0.3 is 5.97 Å². The fourth-order valence-corrected chi connectivity index (χ4v) is 3.78. The molecule has 0 N–H and O–H groups in total. The summed E-state index contributed by atoms with van der Waals surface area (Å²) in [7, 11) is 0. The second-order valence-electron chi connectivity index (χ2n) is 7.22. The van der Waals surface area contributed by atoms with Crippen molar-refractivity contribution in [2.75, 3.05) is 19.6 Å². The van der Waals surface area contributed by atoms with E-state index in [1.165, 1.54) is 24.6 Å². The largest absolute Gasteiger partial charge is 0.456 e. The molecule has 1 saturated heterocycles. The van der Waals surface area contributed by atoms with Crippen LogP contribution in [0, 0.1) is 11.7 Å². The van der Waals surface area contributed by atoms with E-state index in [1.807, 2.05) is 36.4 Å². The molecule has 144 valence electrons. The van der Waals surface area contributed by atoms with Crippen LogP contribution in [0.4, 0.5) is 4.39 Å². The van der Waals surface area contributed by atoms with Crippen LogP contribution in [0.1, 0.15) is 37.0 Å². The first-order valence-electron chi connectivity index (χ1n) is 9.39. The molecule has 0 saturated carbocycles. The standard InChI is InChI=1S/C22H25ClFNO2/c1-16(26)27-22(19-4-6-20(23)7-5-19)15-25-12-10-18(11-13-25)14-17-2-8-21(24)9-3-17/h2-9,18,22H,10-15H2,1H3. The molecule has 0 bridgehead atoms. The number of ether oxygens (including phenoxy) is 1. The van der Waals surface area contributed by atoms with Gasteiger partial charge in [0.15, 0.2) is 0 Å². The average molecular weight is 390 g/mol. The van der Waals surface area contributed by atoms with Crippen molar-refractivity contribution in [2.45, 2.75) is 32.3 Å². The smallest absolute Gasteiger partial charge is 0.303 e. The van der Waals surface area contributed by atoms with Gasteiger partial charge in [-0.1, -0.05) is 35.9 Å². The van der Waals surface area contributed by atoms with Crippen LogP contribution >= 0.6 is 11.6 Å². The zero-order valence-corrected chi connectivity index (χ0v) is 16.3. The number of carbonyl (C=O) groups excluding carboxylic acids is 1. The first-order chi connectivity index (χ1) is 13.0. The van der Waals surface area contributed by atoms with Gasteiger partial charge in [0.05, 0.1) is 0 Å². The lowest BCUT2D eigenvalue weighted by Gasteiger charge is -2.34. The quantitative estimate of drug-likeness (QED) is 0.648. The van der Waals surface area contributed by atoms with Crippen LogP contribution < -0.4 is 0 Å². The van der Waals surface area contributed by atoms with E-state index >= 15 is 0 Å². The molecule has 0 aliphatic carbocycles.